The first-order valence-electron chi connectivity index (χ1n) is 4.37. The zero-order chi connectivity index (χ0) is 8.39. The van der Waals surface area contributed by atoms with E-state index in [1.54, 1.807) is 0 Å². The summed E-state index contributed by atoms with van der Waals surface area (Å²) in [6, 6.07) is 6.56. The molecule has 0 bridgehead atoms. The van der Waals surface area contributed by atoms with Gasteiger partial charge in [0, 0.05) is 12.7 Å². The highest BCUT2D eigenvalue weighted by atomic mass is 14.8. The van der Waals surface area contributed by atoms with Crippen molar-refractivity contribution in [3.8, 4) is 0 Å². The molecule has 1 aromatic rings. The topological polar surface area (TPSA) is 12.0 Å². The maximum atomic E-state index is 3.27. The molecule has 0 saturated heterocycles. The molecule has 0 aliphatic carbocycles. The molecule has 1 heteroatoms. The van der Waals surface area contributed by atoms with Crippen LogP contribution in [-0.2, 0) is 0 Å². The van der Waals surface area contributed by atoms with Crippen molar-refractivity contribution in [1.82, 2.24) is 5.32 Å². The molecule has 0 spiro atoms. The highest BCUT2D eigenvalue weighted by Crippen LogP contribution is 1.88. The lowest BCUT2D eigenvalue weighted by molar-refractivity contribution is 0.914. The minimum Gasteiger partial charge on any atom is -0.390 e. The SMILES string of the molecule is Cc1ccc2c(c1)=CNCCC=2. The van der Waals surface area contributed by atoms with E-state index in [0.29, 0.717) is 0 Å². The molecule has 1 aliphatic heterocycles. The molecule has 0 aromatic heterocycles. The molecule has 2 rings (SSSR count). The predicted octanol–water partition coefficient (Wildman–Crippen LogP) is 0.507. The van der Waals surface area contributed by atoms with Crippen LogP contribution in [0, 0.1) is 6.92 Å². The van der Waals surface area contributed by atoms with Gasteiger partial charge in [-0.3, -0.25) is 0 Å². The summed E-state index contributed by atoms with van der Waals surface area (Å²) in [6.07, 6.45) is 5.50. The molecular formula is C11H13N. The quantitative estimate of drug-likeness (QED) is 0.581. The minimum absolute atomic E-state index is 1.05. The average Bonchev–Trinajstić information content (AvgIpc) is 2.28. The van der Waals surface area contributed by atoms with Gasteiger partial charge in [-0.05, 0) is 23.8 Å². The van der Waals surface area contributed by atoms with Gasteiger partial charge in [0.25, 0.3) is 0 Å². The van der Waals surface area contributed by atoms with Crippen molar-refractivity contribution in [2.24, 2.45) is 0 Å². The fourth-order valence-corrected chi connectivity index (χ4v) is 1.50. The first-order chi connectivity index (χ1) is 5.86. The van der Waals surface area contributed by atoms with Gasteiger partial charge in [-0.1, -0.05) is 29.8 Å². The Balaban J connectivity index is 2.72. The van der Waals surface area contributed by atoms with Gasteiger partial charge in [0.1, 0.15) is 0 Å². The summed E-state index contributed by atoms with van der Waals surface area (Å²) < 4.78 is 0. The zero-order valence-electron chi connectivity index (χ0n) is 7.30. The van der Waals surface area contributed by atoms with E-state index >= 15 is 0 Å². The zero-order valence-corrected chi connectivity index (χ0v) is 7.30. The summed E-state index contributed by atoms with van der Waals surface area (Å²) in [6.45, 7) is 3.17. The largest absolute Gasteiger partial charge is 0.390 e. The van der Waals surface area contributed by atoms with E-state index in [1.165, 1.54) is 16.0 Å². The molecule has 1 aromatic carbocycles. The second-order valence-electron chi connectivity index (χ2n) is 3.22. The standard InChI is InChI=1S/C11H13N/c1-9-4-5-10-3-2-6-12-8-11(10)7-9/h3-5,7-8,12H,2,6H2,1H3. The van der Waals surface area contributed by atoms with Crippen LogP contribution < -0.4 is 15.8 Å². The van der Waals surface area contributed by atoms with E-state index in [0.717, 1.165) is 13.0 Å². The summed E-state index contributed by atoms with van der Waals surface area (Å²) >= 11 is 0. The van der Waals surface area contributed by atoms with Gasteiger partial charge in [0.15, 0.2) is 0 Å². The fourth-order valence-electron chi connectivity index (χ4n) is 1.50. The molecule has 12 heavy (non-hydrogen) atoms. The van der Waals surface area contributed by atoms with Crippen LogP contribution in [0.4, 0.5) is 0 Å². The fraction of sp³-hybridized carbons (Fsp3) is 0.273. The molecule has 1 N–H and O–H groups in total. The summed E-state index contributed by atoms with van der Waals surface area (Å²) in [7, 11) is 0. The summed E-state index contributed by atoms with van der Waals surface area (Å²) in [5.41, 5.74) is 1.32. The van der Waals surface area contributed by atoms with E-state index < -0.39 is 0 Å². The Morgan fingerprint density at radius 1 is 1.25 bits per heavy atom. The van der Waals surface area contributed by atoms with Crippen LogP contribution in [0.25, 0.3) is 12.3 Å². The molecule has 0 radical (unpaired) electrons. The molecule has 0 fully saturated rings. The third-order valence-electron chi connectivity index (χ3n) is 2.15. The Hall–Kier alpha value is -1.24. The molecule has 0 amide bonds. The van der Waals surface area contributed by atoms with Gasteiger partial charge in [-0.2, -0.15) is 0 Å². The Morgan fingerprint density at radius 3 is 3.08 bits per heavy atom. The van der Waals surface area contributed by atoms with E-state index in [-0.39, 0.29) is 0 Å². The summed E-state index contributed by atoms with van der Waals surface area (Å²) in [5, 5.41) is 5.94. The molecule has 62 valence electrons. The number of benzene rings is 1. The van der Waals surface area contributed by atoms with Crippen molar-refractivity contribution in [1.29, 1.82) is 0 Å². The Labute approximate surface area is 72.4 Å². The Kier molecular flexibility index (Phi) is 1.86. The van der Waals surface area contributed by atoms with E-state index in [1.807, 2.05) is 0 Å². The van der Waals surface area contributed by atoms with Gasteiger partial charge in [0.2, 0.25) is 0 Å². The third-order valence-corrected chi connectivity index (χ3v) is 2.15. The smallest absolute Gasteiger partial charge is 0.0176 e. The first kappa shape index (κ1) is 7.41. The maximum Gasteiger partial charge on any atom is 0.0176 e. The molecule has 0 atom stereocenters. The van der Waals surface area contributed by atoms with Gasteiger partial charge in [-0.25, -0.2) is 0 Å². The van der Waals surface area contributed by atoms with Gasteiger partial charge in [-0.15, -0.1) is 0 Å². The van der Waals surface area contributed by atoms with Gasteiger partial charge in [0.05, 0.1) is 0 Å². The number of aryl methyl sites for hydroxylation is 1. The number of nitrogens with one attached hydrogen (secondary N) is 1. The van der Waals surface area contributed by atoms with Crippen LogP contribution in [0.5, 0.6) is 0 Å². The van der Waals surface area contributed by atoms with Crippen LogP contribution >= 0.6 is 0 Å². The molecule has 1 heterocycles. The van der Waals surface area contributed by atoms with Crippen molar-refractivity contribution in [2.75, 3.05) is 6.54 Å². The predicted molar refractivity (Wildman–Crippen MR) is 52.0 cm³/mol. The molecular weight excluding hydrogens is 146 g/mol. The third kappa shape index (κ3) is 1.35. The maximum absolute atomic E-state index is 3.27. The lowest BCUT2D eigenvalue weighted by Gasteiger charge is -1.92. The van der Waals surface area contributed by atoms with E-state index in [2.05, 4.69) is 42.7 Å². The average molecular weight is 159 g/mol. The number of rotatable bonds is 0. The number of fused-ring (bicyclic) bond motifs is 1. The summed E-state index contributed by atoms with van der Waals surface area (Å²) in [4.78, 5) is 0. The highest BCUT2D eigenvalue weighted by Gasteiger charge is 1.91. The molecule has 0 unspecified atom stereocenters. The van der Waals surface area contributed by atoms with Gasteiger partial charge >= 0.3 is 0 Å². The monoisotopic (exact) mass is 159 g/mol. The van der Waals surface area contributed by atoms with Gasteiger partial charge < -0.3 is 5.32 Å². The van der Waals surface area contributed by atoms with Crippen LogP contribution in [0.15, 0.2) is 18.2 Å². The highest BCUT2D eigenvalue weighted by molar-refractivity contribution is 5.35. The Bertz CT molecular complexity index is 390. The van der Waals surface area contributed by atoms with E-state index in [4.69, 9.17) is 0 Å². The second-order valence-corrected chi connectivity index (χ2v) is 3.22. The van der Waals surface area contributed by atoms with Crippen LogP contribution in [0.3, 0.4) is 0 Å². The Morgan fingerprint density at radius 2 is 2.17 bits per heavy atom. The number of hydrogen-bond acceptors (Lipinski definition) is 1. The van der Waals surface area contributed by atoms with Crippen molar-refractivity contribution >= 4 is 12.3 Å². The van der Waals surface area contributed by atoms with Crippen LogP contribution in [-0.4, -0.2) is 6.54 Å². The second kappa shape index (κ2) is 3.02. The van der Waals surface area contributed by atoms with Crippen molar-refractivity contribution < 1.29 is 0 Å². The lowest BCUT2D eigenvalue weighted by atomic mass is 10.1. The minimum atomic E-state index is 1.05. The van der Waals surface area contributed by atoms with E-state index in [9.17, 15) is 0 Å². The molecule has 1 aliphatic rings. The summed E-state index contributed by atoms with van der Waals surface area (Å²) in [5.74, 6) is 0. The van der Waals surface area contributed by atoms with Crippen molar-refractivity contribution in [3.05, 3.63) is 34.2 Å². The van der Waals surface area contributed by atoms with Crippen molar-refractivity contribution in [3.63, 3.8) is 0 Å². The first-order valence-corrected chi connectivity index (χ1v) is 4.37. The number of hydrogen-bond donors (Lipinski definition) is 1. The lowest BCUT2D eigenvalue weighted by Crippen LogP contribution is -2.25. The van der Waals surface area contributed by atoms with Crippen LogP contribution in [0.2, 0.25) is 0 Å². The molecule has 1 nitrogen and oxygen atoms in total. The molecule has 0 saturated carbocycles. The normalized spacial score (nSPS) is 14.8. The van der Waals surface area contributed by atoms with Crippen LogP contribution in [0.1, 0.15) is 12.0 Å². The van der Waals surface area contributed by atoms with Crippen molar-refractivity contribution in [2.45, 2.75) is 13.3 Å².